The van der Waals surface area contributed by atoms with Gasteiger partial charge >= 0.3 is 0 Å². The van der Waals surface area contributed by atoms with Gasteiger partial charge in [0.15, 0.2) is 5.78 Å². The molecule has 0 N–H and O–H groups in total. The number of benzene rings is 4. The maximum Gasteiger partial charge on any atom is 0.297 e. The fourth-order valence-corrected chi connectivity index (χ4v) is 6.41. The number of hydrogen-bond donors (Lipinski definition) is 0. The summed E-state index contributed by atoms with van der Waals surface area (Å²) in [6, 6.07) is 17.7. The van der Waals surface area contributed by atoms with E-state index in [9.17, 15) is 21.6 Å². The molecule has 0 amide bonds. The van der Waals surface area contributed by atoms with Gasteiger partial charge in [-0.3, -0.25) is 13.2 Å². The van der Waals surface area contributed by atoms with Crippen molar-refractivity contribution in [2.45, 2.75) is 49.3 Å². The van der Waals surface area contributed by atoms with Crippen LogP contribution in [0.3, 0.4) is 0 Å². The Morgan fingerprint density at radius 1 is 0.721 bits per heavy atom. The number of rotatable bonds is 14. The van der Waals surface area contributed by atoms with Crippen LogP contribution in [0.2, 0.25) is 10.0 Å². The lowest BCUT2D eigenvalue weighted by Crippen LogP contribution is -2.09. The topological polar surface area (TPSA) is 113 Å². The Bertz CT molecular complexity index is 1830. The largest absolute Gasteiger partial charge is 0.457 e. The molecule has 0 radical (unpaired) electrons. The molecule has 0 aliphatic carbocycles. The highest BCUT2D eigenvalue weighted by Gasteiger charge is 2.22. The van der Waals surface area contributed by atoms with Gasteiger partial charge in [-0.25, -0.2) is 0 Å². The van der Waals surface area contributed by atoms with E-state index < -0.39 is 20.2 Å². The van der Waals surface area contributed by atoms with Crippen LogP contribution in [0.4, 0.5) is 0 Å². The Balaban J connectivity index is 1.72. The molecule has 0 saturated carbocycles. The molecule has 0 heterocycles. The number of ether oxygens (including phenoxy) is 1. The Morgan fingerprint density at radius 3 is 1.95 bits per heavy atom. The first-order valence-electron chi connectivity index (χ1n) is 13.6. The standard InChI is InChI=1S/C31H30Cl2O8S2/c1-3-5-15-39-42(35,36)25-12-13-27-22(17-25)18-26(43(37,38)40-16-6-4-2)20-30(27)41-24-10-7-21(8-11-24)31(34)28-19-23(32)9-14-29(28)33/h7-14,17-20H,3-6,15-16H2,1-2H3. The lowest BCUT2D eigenvalue weighted by atomic mass is 10.0. The zero-order valence-electron chi connectivity index (χ0n) is 23.5. The van der Waals surface area contributed by atoms with Crippen LogP contribution in [0.25, 0.3) is 10.8 Å². The van der Waals surface area contributed by atoms with Crippen molar-refractivity contribution in [1.82, 2.24) is 0 Å². The zero-order chi connectivity index (χ0) is 31.2. The molecule has 0 spiro atoms. The van der Waals surface area contributed by atoms with Crippen molar-refractivity contribution in [2.75, 3.05) is 13.2 Å². The fourth-order valence-electron chi connectivity index (χ4n) is 4.06. The second-order valence-corrected chi connectivity index (χ2v) is 13.7. The van der Waals surface area contributed by atoms with E-state index in [0.717, 1.165) is 12.8 Å². The van der Waals surface area contributed by atoms with E-state index >= 15 is 0 Å². The Hall–Kier alpha value is -2.99. The van der Waals surface area contributed by atoms with Gasteiger partial charge in [0.2, 0.25) is 0 Å². The van der Waals surface area contributed by atoms with Crippen LogP contribution in [0.1, 0.15) is 55.5 Å². The molecule has 4 aromatic carbocycles. The molecule has 0 saturated heterocycles. The van der Waals surface area contributed by atoms with Crippen molar-refractivity contribution in [3.63, 3.8) is 0 Å². The molecule has 0 aliphatic heterocycles. The maximum absolute atomic E-state index is 13.0. The van der Waals surface area contributed by atoms with Crippen molar-refractivity contribution in [2.24, 2.45) is 0 Å². The molecule has 0 aromatic heterocycles. The second-order valence-electron chi connectivity index (χ2n) is 9.64. The summed E-state index contributed by atoms with van der Waals surface area (Å²) in [7, 11) is -8.26. The molecule has 0 fully saturated rings. The van der Waals surface area contributed by atoms with E-state index in [2.05, 4.69) is 0 Å². The van der Waals surface area contributed by atoms with E-state index in [-0.39, 0.29) is 50.5 Å². The van der Waals surface area contributed by atoms with Crippen molar-refractivity contribution in [1.29, 1.82) is 0 Å². The van der Waals surface area contributed by atoms with Crippen LogP contribution in [0.5, 0.6) is 11.5 Å². The van der Waals surface area contributed by atoms with Gasteiger partial charge in [-0.15, -0.1) is 0 Å². The van der Waals surface area contributed by atoms with Crippen LogP contribution >= 0.6 is 23.2 Å². The number of carbonyl (C=O) groups is 1. The average molecular weight is 666 g/mol. The molecule has 12 heteroatoms. The maximum atomic E-state index is 13.0. The van der Waals surface area contributed by atoms with Gasteiger partial charge in [0.25, 0.3) is 20.2 Å². The summed E-state index contributed by atoms with van der Waals surface area (Å²) in [5.74, 6) is 0.107. The van der Waals surface area contributed by atoms with Crippen LogP contribution in [-0.4, -0.2) is 35.8 Å². The van der Waals surface area contributed by atoms with E-state index in [1.54, 1.807) is 36.4 Å². The summed E-state index contributed by atoms with van der Waals surface area (Å²) in [5.41, 5.74) is 0.583. The van der Waals surface area contributed by atoms with Crippen molar-refractivity contribution in [3.05, 3.63) is 94.0 Å². The summed E-state index contributed by atoms with van der Waals surface area (Å²) in [4.78, 5) is 12.7. The predicted octanol–water partition coefficient (Wildman–Crippen LogP) is 8.18. The van der Waals surface area contributed by atoms with E-state index in [4.69, 9.17) is 36.3 Å². The number of unbranched alkanes of at least 4 members (excludes halogenated alkanes) is 2. The molecule has 8 nitrogen and oxygen atoms in total. The molecule has 4 rings (SSSR count). The molecule has 0 bridgehead atoms. The summed E-state index contributed by atoms with van der Waals surface area (Å²) in [6.07, 6.45) is 2.61. The molecule has 0 aliphatic rings. The highest BCUT2D eigenvalue weighted by atomic mass is 35.5. The van der Waals surface area contributed by atoms with Crippen LogP contribution in [0, 0.1) is 0 Å². The van der Waals surface area contributed by atoms with Gasteiger partial charge < -0.3 is 4.74 Å². The van der Waals surface area contributed by atoms with E-state index in [0.29, 0.717) is 34.6 Å². The van der Waals surface area contributed by atoms with Crippen molar-refractivity contribution in [3.8, 4) is 11.5 Å². The first-order valence-corrected chi connectivity index (χ1v) is 17.2. The SMILES string of the molecule is CCCCOS(=O)(=O)c1ccc2c(Oc3ccc(C(=O)c4cc(Cl)ccc4Cl)cc3)cc(S(=O)(=O)OCCCC)cc2c1. The third-order valence-electron chi connectivity index (χ3n) is 6.43. The third-order valence-corrected chi connectivity index (χ3v) is 9.59. The molecular weight excluding hydrogens is 635 g/mol. The fraction of sp³-hybridized carbons (Fsp3) is 0.258. The first kappa shape index (κ1) is 32.9. The van der Waals surface area contributed by atoms with Gasteiger partial charge in [0.1, 0.15) is 11.5 Å². The summed E-state index contributed by atoms with van der Waals surface area (Å²) in [5, 5.41) is 1.37. The highest BCUT2D eigenvalue weighted by molar-refractivity contribution is 7.87. The lowest BCUT2D eigenvalue weighted by Gasteiger charge is -2.14. The number of ketones is 1. The first-order chi connectivity index (χ1) is 20.4. The minimum Gasteiger partial charge on any atom is -0.457 e. The number of fused-ring (bicyclic) bond motifs is 1. The predicted molar refractivity (Wildman–Crippen MR) is 166 cm³/mol. The number of halogens is 2. The third kappa shape index (κ3) is 8.14. The Morgan fingerprint density at radius 2 is 1.33 bits per heavy atom. The summed E-state index contributed by atoms with van der Waals surface area (Å²) in [6.45, 7) is 3.86. The molecule has 43 heavy (non-hydrogen) atoms. The monoisotopic (exact) mass is 664 g/mol. The molecular formula is C31H30Cl2O8S2. The number of carbonyl (C=O) groups excluding carboxylic acids is 1. The smallest absolute Gasteiger partial charge is 0.297 e. The van der Waals surface area contributed by atoms with Gasteiger partial charge in [-0.1, -0.05) is 49.9 Å². The zero-order valence-corrected chi connectivity index (χ0v) is 26.7. The Labute approximate surface area is 261 Å². The molecule has 4 aromatic rings. The van der Waals surface area contributed by atoms with Crippen LogP contribution < -0.4 is 4.74 Å². The molecule has 228 valence electrons. The molecule has 0 atom stereocenters. The second kappa shape index (κ2) is 14.2. The van der Waals surface area contributed by atoms with Gasteiger partial charge in [-0.2, -0.15) is 16.8 Å². The average Bonchev–Trinajstić information content (AvgIpc) is 2.98. The summed E-state index contributed by atoms with van der Waals surface area (Å²) >= 11 is 12.2. The van der Waals surface area contributed by atoms with E-state index in [1.165, 1.54) is 36.4 Å². The van der Waals surface area contributed by atoms with Gasteiger partial charge in [-0.05, 0) is 85.0 Å². The molecule has 0 unspecified atom stereocenters. The van der Waals surface area contributed by atoms with Gasteiger partial charge in [0.05, 0.1) is 28.0 Å². The minimum atomic E-state index is -4.19. The number of hydrogen-bond acceptors (Lipinski definition) is 8. The normalized spacial score (nSPS) is 12.0. The van der Waals surface area contributed by atoms with Crippen LogP contribution in [0.15, 0.2) is 82.6 Å². The van der Waals surface area contributed by atoms with Crippen LogP contribution in [-0.2, 0) is 28.6 Å². The van der Waals surface area contributed by atoms with Gasteiger partial charge in [0, 0.05) is 27.6 Å². The highest BCUT2D eigenvalue weighted by Crippen LogP contribution is 2.35. The summed E-state index contributed by atoms with van der Waals surface area (Å²) < 4.78 is 68.0. The van der Waals surface area contributed by atoms with Crippen molar-refractivity contribution < 1.29 is 34.7 Å². The van der Waals surface area contributed by atoms with Crippen molar-refractivity contribution >= 4 is 60.0 Å². The Kier molecular flexibility index (Phi) is 10.9. The van der Waals surface area contributed by atoms with E-state index in [1.807, 2.05) is 13.8 Å². The quantitative estimate of drug-likeness (QED) is 0.0753. The lowest BCUT2D eigenvalue weighted by molar-refractivity contribution is 0.103. The minimum absolute atomic E-state index is 0.00111.